The van der Waals surface area contributed by atoms with Crippen molar-refractivity contribution in [3.8, 4) is 5.75 Å². The van der Waals surface area contributed by atoms with Gasteiger partial charge in [-0.05, 0) is 46.6 Å². The van der Waals surface area contributed by atoms with Gasteiger partial charge in [-0.15, -0.1) is 0 Å². The highest BCUT2D eigenvalue weighted by Crippen LogP contribution is 2.30. The molecule has 1 heterocycles. The maximum Gasteiger partial charge on any atom is 0.328 e. The van der Waals surface area contributed by atoms with Gasteiger partial charge in [0.25, 0.3) is 0 Å². The van der Waals surface area contributed by atoms with Crippen molar-refractivity contribution in [1.82, 2.24) is 4.98 Å². The lowest BCUT2D eigenvalue weighted by Crippen LogP contribution is -2.02. The Labute approximate surface area is 131 Å². The average Bonchev–Trinajstić information content (AvgIpc) is 2.45. The van der Waals surface area contributed by atoms with Crippen molar-refractivity contribution in [3.63, 3.8) is 0 Å². The van der Waals surface area contributed by atoms with E-state index in [1.54, 1.807) is 12.3 Å². The topological polar surface area (TPSA) is 59.4 Å². The molecule has 5 heteroatoms. The molecule has 108 valence electrons. The van der Waals surface area contributed by atoms with Crippen molar-refractivity contribution in [2.75, 3.05) is 0 Å². The van der Waals surface area contributed by atoms with Crippen molar-refractivity contribution in [2.45, 2.75) is 13.5 Å². The van der Waals surface area contributed by atoms with Crippen LogP contribution in [0.4, 0.5) is 0 Å². The highest BCUT2D eigenvalue weighted by Gasteiger charge is 2.08. The van der Waals surface area contributed by atoms with Gasteiger partial charge < -0.3 is 9.84 Å². The van der Waals surface area contributed by atoms with Crippen molar-refractivity contribution < 1.29 is 14.6 Å². The van der Waals surface area contributed by atoms with E-state index in [1.165, 1.54) is 6.08 Å². The van der Waals surface area contributed by atoms with E-state index in [-0.39, 0.29) is 0 Å². The van der Waals surface area contributed by atoms with Crippen molar-refractivity contribution in [2.24, 2.45) is 0 Å². The molecule has 0 bridgehead atoms. The first-order chi connectivity index (χ1) is 10.1. The molecular weight excluding hydrogens is 334 g/mol. The van der Waals surface area contributed by atoms with Gasteiger partial charge in [-0.25, -0.2) is 4.79 Å². The molecule has 0 saturated carbocycles. The van der Waals surface area contributed by atoms with Gasteiger partial charge in [0.15, 0.2) is 0 Å². The molecule has 2 rings (SSSR count). The Bertz CT molecular complexity index is 683. The van der Waals surface area contributed by atoms with E-state index >= 15 is 0 Å². The molecule has 21 heavy (non-hydrogen) atoms. The molecule has 0 spiro atoms. The lowest BCUT2D eigenvalue weighted by atomic mass is 10.2. The van der Waals surface area contributed by atoms with Crippen LogP contribution in [-0.2, 0) is 11.4 Å². The number of hydrogen-bond acceptors (Lipinski definition) is 3. The van der Waals surface area contributed by atoms with Crippen molar-refractivity contribution >= 4 is 28.0 Å². The van der Waals surface area contributed by atoms with Gasteiger partial charge in [0.05, 0.1) is 10.2 Å². The fourth-order valence-corrected chi connectivity index (χ4v) is 2.28. The monoisotopic (exact) mass is 347 g/mol. The third-order valence-corrected chi connectivity index (χ3v) is 3.50. The molecule has 0 aliphatic carbocycles. The third-order valence-electron chi connectivity index (χ3n) is 2.87. The highest BCUT2D eigenvalue weighted by molar-refractivity contribution is 9.10. The number of pyridine rings is 1. The summed E-state index contributed by atoms with van der Waals surface area (Å²) < 4.78 is 6.58. The molecule has 0 fully saturated rings. The minimum atomic E-state index is -0.999. The highest BCUT2D eigenvalue weighted by atomic mass is 79.9. The molecule has 2 aromatic rings. The predicted molar refractivity (Wildman–Crippen MR) is 84.1 cm³/mol. The third kappa shape index (κ3) is 4.16. The summed E-state index contributed by atoms with van der Waals surface area (Å²) >= 11 is 3.42. The molecule has 4 nitrogen and oxygen atoms in total. The number of carbonyl (C=O) groups is 1. The summed E-state index contributed by atoms with van der Waals surface area (Å²) in [4.78, 5) is 14.9. The number of benzene rings is 1. The Hall–Kier alpha value is -2.14. The average molecular weight is 348 g/mol. The SMILES string of the molecule is Cc1cccnc1COc1c(Br)cccc1/C=C/C(=O)O. The molecule has 1 aromatic carbocycles. The second kappa shape index (κ2) is 7.04. The van der Waals surface area contributed by atoms with Gasteiger partial charge in [0, 0.05) is 17.8 Å². The minimum Gasteiger partial charge on any atom is -0.485 e. The summed E-state index contributed by atoms with van der Waals surface area (Å²) in [5, 5.41) is 8.73. The van der Waals surface area contributed by atoms with Crippen LogP contribution in [0.3, 0.4) is 0 Å². The van der Waals surface area contributed by atoms with Gasteiger partial charge in [-0.2, -0.15) is 0 Å². The smallest absolute Gasteiger partial charge is 0.328 e. The summed E-state index contributed by atoms with van der Waals surface area (Å²) in [5.41, 5.74) is 2.59. The Morgan fingerprint density at radius 2 is 2.19 bits per heavy atom. The number of nitrogens with zero attached hydrogens (tertiary/aromatic N) is 1. The van der Waals surface area contributed by atoms with Gasteiger partial charge in [-0.3, -0.25) is 4.98 Å². The quantitative estimate of drug-likeness (QED) is 0.835. The summed E-state index contributed by atoms with van der Waals surface area (Å²) in [6, 6.07) is 9.31. The predicted octanol–water partition coefficient (Wildman–Crippen LogP) is 3.83. The van der Waals surface area contributed by atoms with Crippen LogP contribution < -0.4 is 4.74 Å². The van der Waals surface area contributed by atoms with Crippen LogP contribution in [0.1, 0.15) is 16.8 Å². The first kappa shape index (κ1) is 15.3. The van der Waals surface area contributed by atoms with E-state index in [9.17, 15) is 4.79 Å². The first-order valence-electron chi connectivity index (χ1n) is 6.30. The first-order valence-corrected chi connectivity index (χ1v) is 7.10. The lowest BCUT2D eigenvalue weighted by Gasteiger charge is -2.12. The van der Waals surface area contributed by atoms with E-state index in [0.717, 1.165) is 21.8 Å². The number of halogens is 1. The second-order valence-electron chi connectivity index (χ2n) is 4.39. The number of carboxylic acids is 1. The Kier molecular flexibility index (Phi) is 5.11. The number of aromatic nitrogens is 1. The van der Waals surface area contributed by atoms with Gasteiger partial charge in [-0.1, -0.05) is 18.2 Å². The maximum atomic E-state index is 10.6. The van der Waals surface area contributed by atoms with E-state index in [2.05, 4.69) is 20.9 Å². The summed E-state index contributed by atoms with van der Waals surface area (Å²) in [7, 11) is 0. The van der Waals surface area contributed by atoms with Gasteiger partial charge in [0.2, 0.25) is 0 Å². The van der Waals surface area contributed by atoms with Crippen LogP contribution in [0.5, 0.6) is 5.75 Å². The zero-order valence-corrected chi connectivity index (χ0v) is 13.0. The molecule has 0 unspecified atom stereocenters. The summed E-state index contributed by atoms with van der Waals surface area (Å²) in [6.45, 7) is 2.29. The van der Waals surface area contributed by atoms with Crippen molar-refractivity contribution in [3.05, 3.63) is 63.9 Å². The standard InChI is InChI=1S/C16H14BrNO3/c1-11-4-3-9-18-14(11)10-21-16-12(7-8-15(19)20)5-2-6-13(16)17/h2-9H,10H2,1H3,(H,19,20)/b8-7+. The largest absolute Gasteiger partial charge is 0.485 e. The molecular formula is C16H14BrNO3. The zero-order chi connectivity index (χ0) is 15.2. The van der Waals surface area contributed by atoms with Crippen LogP contribution >= 0.6 is 15.9 Å². The fraction of sp³-hybridized carbons (Fsp3) is 0.125. The van der Waals surface area contributed by atoms with E-state index in [1.807, 2.05) is 31.2 Å². The van der Waals surface area contributed by atoms with E-state index < -0.39 is 5.97 Å². The minimum absolute atomic E-state index is 0.323. The van der Waals surface area contributed by atoms with Crippen LogP contribution in [0.15, 0.2) is 47.1 Å². The Balaban J connectivity index is 2.23. The van der Waals surface area contributed by atoms with Gasteiger partial charge in [0.1, 0.15) is 12.4 Å². The number of para-hydroxylation sites is 1. The van der Waals surface area contributed by atoms with Crippen LogP contribution in [-0.4, -0.2) is 16.1 Å². The molecule has 0 atom stereocenters. The molecule has 1 aromatic heterocycles. The van der Waals surface area contributed by atoms with Crippen LogP contribution in [0.25, 0.3) is 6.08 Å². The van der Waals surface area contributed by atoms with E-state index in [0.29, 0.717) is 17.9 Å². The maximum absolute atomic E-state index is 10.6. The fourth-order valence-electron chi connectivity index (χ4n) is 1.78. The number of aliphatic carboxylic acids is 1. The molecule has 0 amide bonds. The molecule has 0 aliphatic rings. The zero-order valence-electron chi connectivity index (χ0n) is 11.4. The Morgan fingerprint density at radius 1 is 1.38 bits per heavy atom. The number of carboxylic acid groups (broad SMARTS) is 1. The summed E-state index contributed by atoms with van der Waals surface area (Å²) in [5.74, 6) is -0.401. The molecule has 0 radical (unpaired) electrons. The molecule has 0 aliphatic heterocycles. The lowest BCUT2D eigenvalue weighted by molar-refractivity contribution is -0.131. The number of ether oxygens (including phenoxy) is 1. The van der Waals surface area contributed by atoms with Crippen LogP contribution in [0, 0.1) is 6.92 Å². The van der Waals surface area contributed by atoms with Crippen LogP contribution in [0.2, 0.25) is 0 Å². The molecule has 1 N–H and O–H groups in total. The number of hydrogen-bond donors (Lipinski definition) is 1. The number of rotatable bonds is 5. The van der Waals surface area contributed by atoms with E-state index in [4.69, 9.17) is 9.84 Å². The van der Waals surface area contributed by atoms with Crippen molar-refractivity contribution in [1.29, 1.82) is 0 Å². The second-order valence-corrected chi connectivity index (χ2v) is 5.24. The normalized spacial score (nSPS) is 10.8. The molecule has 0 saturated heterocycles. The number of aryl methyl sites for hydroxylation is 1. The Morgan fingerprint density at radius 3 is 2.90 bits per heavy atom. The summed E-state index contributed by atoms with van der Waals surface area (Å²) in [6.07, 6.45) is 4.31. The van der Waals surface area contributed by atoms with Gasteiger partial charge >= 0.3 is 5.97 Å².